The maximum Gasteiger partial charge on any atom is 0.222 e. The minimum atomic E-state index is -3.18. The maximum atomic E-state index is 12.4. The quantitative estimate of drug-likeness (QED) is 0.818. The van der Waals surface area contributed by atoms with Crippen LogP contribution in [0.1, 0.15) is 38.5 Å². The molecule has 1 saturated carbocycles. The summed E-state index contributed by atoms with van der Waals surface area (Å²) in [5, 5.41) is 9.96. The summed E-state index contributed by atoms with van der Waals surface area (Å²) in [6.45, 7) is 1.91. The molecule has 1 amide bonds. The third-order valence-corrected chi connectivity index (χ3v) is 5.89. The lowest BCUT2D eigenvalue weighted by Crippen LogP contribution is -2.39. The SMILES string of the molecule is CS(=O)(=O)N1CCCN(C(=O)C[C@@H]2CCCC[C@H]2O)CC1. The van der Waals surface area contributed by atoms with E-state index in [1.54, 1.807) is 4.90 Å². The number of carbonyl (C=O) groups excluding carboxylic acids is 1. The van der Waals surface area contributed by atoms with Crippen molar-refractivity contribution in [2.24, 2.45) is 5.92 Å². The first kappa shape index (κ1) is 16.7. The van der Waals surface area contributed by atoms with Crippen LogP contribution in [-0.2, 0) is 14.8 Å². The molecular weight excluding hydrogens is 292 g/mol. The van der Waals surface area contributed by atoms with Gasteiger partial charge >= 0.3 is 0 Å². The van der Waals surface area contributed by atoms with Crippen LogP contribution in [0.15, 0.2) is 0 Å². The highest BCUT2D eigenvalue weighted by Crippen LogP contribution is 2.27. The summed E-state index contributed by atoms with van der Waals surface area (Å²) in [4.78, 5) is 14.1. The van der Waals surface area contributed by atoms with Crippen molar-refractivity contribution in [2.45, 2.75) is 44.6 Å². The van der Waals surface area contributed by atoms with Crippen LogP contribution in [0.2, 0.25) is 0 Å². The predicted octanol–water partition coefficient (Wildman–Crippen LogP) is 0.422. The first-order valence-electron chi connectivity index (χ1n) is 7.79. The standard InChI is InChI=1S/C14H26N2O4S/c1-21(19,20)16-8-4-7-15(9-10-16)14(18)11-12-5-2-3-6-13(12)17/h12-13,17H,2-11H2,1H3/t12-,13+/m0/s1. The summed E-state index contributed by atoms with van der Waals surface area (Å²) >= 11 is 0. The molecule has 0 spiro atoms. The van der Waals surface area contributed by atoms with Gasteiger partial charge in [0.1, 0.15) is 0 Å². The molecule has 122 valence electrons. The minimum Gasteiger partial charge on any atom is -0.393 e. The Balaban J connectivity index is 1.88. The van der Waals surface area contributed by atoms with Crippen LogP contribution < -0.4 is 0 Å². The van der Waals surface area contributed by atoms with Gasteiger partial charge in [-0.3, -0.25) is 4.79 Å². The fourth-order valence-electron chi connectivity index (χ4n) is 3.25. The molecule has 7 heteroatoms. The molecule has 0 bridgehead atoms. The monoisotopic (exact) mass is 318 g/mol. The predicted molar refractivity (Wildman–Crippen MR) is 80.2 cm³/mol. The second kappa shape index (κ2) is 7.07. The van der Waals surface area contributed by atoms with E-state index in [9.17, 15) is 18.3 Å². The Morgan fingerprint density at radius 3 is 2.48 bits per heavy atom. The fraction of sp³-hybridized carbons (Fsp3) is 0.929. The third-order valence-electron chi connectivity index (χ3n) is 4.58. The highest BCUT2D eigenvalue weighted by atomic mass is 32.2. The number of rotatable bonds is 3. The van der Waals surface area contributed by atoms with Gasteiger partial charge in [-0.15, -0.1) is 0 Å². The first-order chi connectivity index (χ1) is 9.88. The lowest BCUT2D eigenvalue weighted by molar-refractivity contribution is -0.133. The van der Waals surface area contributed by atoms with E-state index in [1.807, 2.05) is 0 Å². The zero-order chi connectivity index (χ0) is 15.5. The van der Waals surface area contributed by atoms with E-state index in [0.717, 1.165) is 25.7 Å². The summed E-state index contributed by atoms with van der Waals surface area (Å²) in [6, 6.07) is 0. The lowest BCUT2D eigenvalue weighted by atomic mass is 9.84. The number of hydrogen-bond donors (Lipinski definition) is 1. The molecule has 2 aliphatic rings. The molecule has 1 aliphatic heterocycles. The molecule has 0 aromatic carbocycles. The zero-order valence-electron chi connectivity index (χ0n) is 12.7. The van der Waals surface area contributed by atoms with E-state index in [-0.39, 0.29) is 17.9 Å². The highest BCUT2D eigenvalue weighted by Gasteiger charge is 2.29. The third kappa shape index (κ3) is 4.66. The molecule has 0 aromatic heterocycles. The maximum absolute atomic E-state index is 12.4. The molecular formula is C14H26N2O4S. The van der Waals surface area contributed by atoms with Crippen molar-refractivity contribution in [2.75, 3.05) is 32.4 Å². The number of sulfonamides is 1. The number of carbonyl (C=O) groups is 1. The van der Waals surface area contributed by atoms with Crippen LogP contribution in [-0.4, -0.2) is 67.2 Å². The summed E-state index contributed by atoms with van der Waals surface area (Å²) in [5.74, 6) is 0.122. The largest absolute Gasteiger partial charge is 0.393 e. The highest BCUT2D eigenvalue weighted by molar-refractivity contribution is 7.88. The van der Waals surface area contributed by atoms with E-state index in [2.05, 4.69) is 0 Å². The molecule has 0 aromatic rings. The van der Waals surface area contributed by atoms with E-state index in [1.165, 1.54) is 10.6 Å². The Kier molecular flexibility index (Phi) is 5.62. The topological polar surface area (TPSA) is 77.9 Å². The van der Waals surface area contributed by atoms with E-state index in [0.29, 0.717) is 39.0 Å². The van der Waals surface area contributed by atoms with Crippen LogP contribution in [0.5, 0.6) is 0 Å². The molecule has 6 nitrogen and oxygen atoms in total. The van der Waals surface area contributed by atoms with Gasteiger partial charge in [0, 0.05) is 32.6 Å². The summed E-state index contributed by atoms with van der Waals surface area (Å²) in [7, 11) is -3.18. The number of aliphatic hydroxyl groups is 1. The van der Waals surface area contributed by atoms with Crippen molar-refractivity contribution in [1.82, 2.24) is 9.21 Å². The van der Waals surface area contributed by atoms with Gasteiger partial charge in [-0.05, 0) is 25.2 Å². The van der Waals surface area contributed by atoms with Crippen molar-refractivity contribution in [3.05, 3.63) is 0 Å². The van der Waals surface area contributed by atoms with Crippen LogP contribution in [0.25, 0.3) is 0 Å². The first-order valence-corrected chi connectivity index (χ1v) is 9.63. The zero-order valence-corrected chi connectivity index (χ0v) is 13.5. The Bertz CT molecular complexity index is 466. The summed E-state index contributed by atoms with van der Waals surface area (Å²) in [5.41, 5.74) is 0. The second-order valence-electron chi connectivity index (χ2n) is 6.21. The average molecular weight is 318 g/mol. The van der Waals surface area contributed by atoms with Crippen molar-refractivity contribution in [1.29, 1.82) is 0 Å². The number of amides is 1. The van der Waals surface area contributed by atoms with Crippen LogP contribution >= 0.6 is 0 Å². The van der Waals surface area contributed by atoms with Gasteiger partial charge in [0.05, 0.1) is 12.4 Å². The van der Waals surface area contributed by atoms with Crippen molar-refractivity contribution in [3.8, 4) is 0 Å². The lowest BCUT2D eigenvalue weighted by Gasteiger charge is -2.29. The van der Waals surface area contributed by atoms with Gasteiger partial charge in [-0.1, -0.05) is 12.8 Å². The van der Waals surface area contributed by atoms with E-state index < -0.39 is 10.0 Å². The minimum absolute atomic E-state index is 0.0521. The molecule has 0 radical (unpaired) electrons. The molecule has 1 N–H and O–H groups in total. The van der Waals surface area contributed by atoms with Crippen LogP contribution in [0, 0.1) is 5.92 Å². The molecule has 21 heavy (non-hydrogen) atoms. The molecule has 1 saturated heterocycles. The van der Waals surface area contributed by atoms with Crippen molar-refractivity contribution >= 4 is 15.9 Å². The fourth-order valence-corrected chi connectivity index (χ4v) is 4.13. The Labute approximate surface area is 127 Å². The van der Waals surface area contributed by atoms with Gasteiger partial charge in [-0.25, -0.2) is 12.7 Å². The Hall–Kier alpha value is -0.660. The second-order valence-corrected chi connectivity index (χ2v) is 8.19. The average Bonchev–Trinajstić information content (AvgIpc) is 2.66. The van der Waals surface area contributed by atoms with Gasteiger partial charge in [0.2, 0.25) is 15.9 Å². The normalized spacial score (nSPS) is 29.1. The van der Waals surface area contributed by atoms with Crippen LogP contribution in [0.3, 0.4) is 0 Å². The van der Waals surface area contributed by atoms with Gasteiger partial charge in [-0.2, -0.15) is 0 Å². The molecule has 2 rings (SSSR count). The molecule has 1 heterocycles. The molecule has 2 fully saturated rings. The van der Waals surface area contributed by atoms with Gasteiger partial charge in [0.25, 0.3) is 0 Å². The summed E-state index contributed by atoms with van der Waals surface area (Å²) < 4.78 is 24.6. The van der Waals surface area contributed by atoms with Crippen molar-refractivity contribution < 1.29 is 18.3 Å². The summed E-state index contributed by atoms with van der Waals surface area (Å²) in [6.07, 6.45) is 5.74. The molecule has 0 unspecified atom stereocenters. The Morgan fingerprint density at radius 2 is 1.81 bits per heavy atom. The number of aliphatic hydroxyl groups excluding tert-OH is 1. The van der Waals surface area contributed by atoms with Crippen molar-refractivity contribution in [3.63, 3.8) is 0 Å². The van der Waals surface area contributed by atoms with E-state index in [4.69, 9.17) is 0 Å². The molecule has 2 atom stereocenters. The molecule has 1 aliphatic carbocycles. The smallest absolute Gasteiger partial charge is 0.222 e. The Morgan fingerprint density at radius 1 is 1.10 bits per heavy atom. The van der Waals surface area contributed by atoms with Gasteiger partial charge in [0.15, 0.2) is 0 Å². The van der Waals surface area contributed by atoms with E-state index >= 15 is 0 Å². The number of hydrogen-bond acceptors (Lipinski definition) is 4. The number of nitrogens with zero attached hydrogens (tertiary/aromatic N) is 2. The van der Waals surface area contributed by atoms with Crippen LogP contribution in [0.4, 0.5) is 0 Å². The van der Waals surface area contributed by atoms with Gasteiger partial charge < -0.3 is 10.0 Å².